The van der Waals surface area contributed by atoms with Crippen LogP contribution in [0.1, 0.15) is 25.5 Å². The molecule has 7 nitrogen and oxygen atoms in total. The second-order valence-electron chi connectivity index (χ2n) is 7.29. The highest BCUT2D eigenvalue weighted by Gasteiger charge is 2.11. The van der Waals surface area contributed by atoms with E-state index in [1.165, 1.54) is 0 Å². The van der Waals surface area contributed by atoms with E-state index in [-0.39, 0.29) is 17.5 Å². The summed E-state index contributed by atoms with van der Waals surface area (Å²) in [5.41, 5.74) is 5.12. The van der Waals surface area contributed by atoms with Gasteiger partial charge in [-0.2, -0.15) is 5.10 Å². The molecule has 0 saturated heterocycles. The minimum absolute atomic E-state index is 0.0793. The summed E-state index contributed by atoms with van der Waals surface area (Å²) in [6.45, 7) is 4.11. The summed E-state index contributed by atoms with van der Waals surface area (Å²) < 4.78 is 27.1. The van der Waals surface area contributed by atoms with E-state index in [2.05, 4.69) is 57.2 Å². The van der Waals surface area contributed by atoms with Crippen molar-refractivity contribution in [2.75, 3.05) is 16.8 Å². The van der Waals surface area contributed by atoms with Crippen molar-refractivity contribution in [3.63, 3.8) is 0 Å². The monoisotopic (exact) mass is 423 g/mol. The molecule has 2 heterocycles. The number of imidazole rings is 1. The Morgan fingerprint density at radius 1 is 1.10 bits per heavy atom. The van der Waals surface area contributed by atoms with Crippen LogP contribution in [0.4, 0.5) is 5.69 Å². The van der Waals surface area contributed by atoms with Crippen molar-refractivity contribution in [2.45, 2.75) is 26.4 Å². The maximum atomic E-state index is 11.7. The van der Waals surface area contributed by atoms with Crippen molar-refractivity contribution in [3.8, 4) is 5.69 Å². The highest BCUT2D eigenvalue weighted by Crippen LogP contribution is 2.22. The fourth-order valence-electron chi connectivity index (χ4n) is 3.36. The number of anilines is 1. The number of fused-ring (bicyclic) bond motifs is 1. The Labute approximate surface area is 176 Å². The van der Waals surface area contributed by atoms with E-state index >= 15 is 0 Å². The first-order valence-corrected chi connectivity index (χ1v) is 11.8. The molecule has 0 aliphatic carbocycles. The molecule has 1 N–H and O–H groups in total. The number of nitrogens with one attached hydrogen (secondary N) is 1. The zero-order chi connectivity index (χ0) is 21.1. The van der Waals surface area contributed by atoms with Crippen LogP contribution in [0.25, 0.3) is 16.7 Å². The Kier molecular flexibility index (Phi) is 5.59. The molecule has 0 bridgehead atoms. The molecule has 1 unspecified atom stereocenters. The number of hydrogen-bond donors (Lipinski definition) is 1. The summed E-state index contributed by atoms with van der Waals surface area (Å²) in [6, 6.07) is 16.5. The number of benzene rings is 2. The highest BCUT2D eigenvalue weighted by molar-refractivity contribution is 7.91. The van der Waals surface area contributed by atoms with Gasteiger partial charge in [0.1, 0.15) is 6.33 Å². The molecule has 0 amide bonds. The largest absolute Gasteiger partial charge is 0.376 e. The van der Waals surface area contributed by atoms with E-state index in [0.29, 0.717) is 6.54 Å². The molecule has 0 radical (unpaired) electrons. The maximum Gasteiger partial charge on any atom is 0.151 e. The Bertz CT molecular complexity index is 1240. The van der Waals surface area contributed by atoms with Crippen LogP contribution >= 0.6 is 0 Å². The predicted molar refractivity (Wildman–Crippen MR) is 120 cm³/mol. The zero-order valence-corrected chi connectivity index (χ0v) is 17.9. The number of para-hydroxylation sites is 2. The van der Waals surface area contributed by atoms with Gasteiger partial charge in [-0.15, -0.1) is 0 Å². The lowest BCUT2D eigenvalue weighted by Crippen LogP contribution is -2.14. The van der Waals surface area contributed by atoms with Crippen molar-refractivity contribution in [3.05, 3.63) is 72.8 Å². The van der Waals surface area contributed by atoms with Gasteiger partial charge in [0.05, 0.1) is 35.2 Å². The van der Waals surface area contributed by atoms with Gasteiger partial charge in [-0.25, -0.2) is 13.4 Å². The summed E-state index contributed by atoms with van der Waals surface area (Å²) in [5, 5.41) is 7.68. The molecule has 2 aromatic heterocycles. The van der Waals surface area contributed by atoms with Gasteiger partial charge in [-0.05, 0) is 36.8 Å². The normalized spacial score (nSPS) is 12.9. The third-order valence-corrected chi connectivity index (χ3v) is 6.90. The van der Waals surface area contributed by atoms with Crippen molar-refractivity contribution < 1.29 is 8.42 Å². The molecule has 156 valence electrons. The van der Waals surface area contributed by atoms with Gasteiger partial charge in [0.15, 0.2) is 9.84 Å². The Morgan fingerprint density at radius 2 is 1.87 bits per heavy atom. The molecule has 8 heteroatoms. The summed E-state index contributed by atoms with van der Waals surface area (Å²) in [5.74, 6) is 0.256. The summed E-state index contributed by atoms with van der Waals surface area (Å²) in [7, 11) is -3.00. The number of aromatic nitrogens is 4. The SMILES string of the molecule is CCS(=O)(=O)CCn1cc(NC(C)c2ccc(-n3cnc4ccccc43)cc2)cn1. The number of hydrogen-bond acceptors (Lipinski definition) is 5. The van der Waals surface area contributed by atoms with Crippen LogP contribution in [0, 0.1) is 0 Å². The van der Waals surface area contributed by atoms with Crippen LogP contribution in [0.15, 0.2) is 67.3 Å². The molecular weight excluding hydrogens is 398 g/mol. The molecule has 30 heavy (non-hydrogen) atoms. The molecule has 0 saturated carbocycles. The van der Waals surface area contributed by atoms with Crippen LogP contribution in [-0.2, 0) is 16.4 Å². The van der Waals surface area contributed by atoms with E-state index in [9.17, 15) is 8.42 Å². The lowest BCUT2D eigenvalue weighted by molar-refractivity contribution is 0.582. The quantitative estimate of drug-likeness (QED) is 0.466. The van der Waals surface area contributed by atoms with Crippen LogP contribution in [0.2, 0.25) is 0 Å². The first-order chi connectivity index (χ1) is 14.4. The summed E-state index contributed by atoms with van der Waals surface area (Å²) >= 11 is 0. The average molecular weight is 424 g/mol. The third-order valence-electron chi connectivity index (χ3n) is 5.21. The average Bonchev–Trinajstić information content (AvgIpc) is 3.39. The topological polar surface area (TPSA) is 81.8 Å². The van der Waals surface area contributed by atoms with E-state index in [4.69, 9.17) is 0 Å². The zero-order valence-electron chi connectivity index (χ0n) is 17.1. The van der Waals surface area contributed by atoms with E-state index in [0.717, 1.165) is 28.0 Å². The molecule has 0 spiro atoms. The fourth-order valence-corrected chi connectivity index (χ4v) is 4.11. The minimum Gasteiger partial charge on any atom is -0.376 e. The van der Waals surface area contributed by atoms with Crippen LogP contribution in [0.3, 0.4) is 0 Å². The summed E-state index contributed by atoms with van der Waals surface area (Å²) in [6.07, 6.45) is 5.41. The van der Waals surface area contributed by atoms with Crippen LogP contribution < -0.4 is 5.32 Å². The van der Waals surface area contributed by atoms with Gasteiger partial charge in [-0.1, -0.05) is 31.2 Å². The first-order valence-electron chi connectivity index (χ1n) is 9.97. The van der Waals surface area contributed by atoms with E-state index in [1.54, 1.807) is 17.8 Å². The summed E-state index contributed by atoms with van der Waals surface area (Å²) in [4.78, 5) is 4.45. The van der Waals surface area contributed by atoms with Crippen molar-refractivity contribution in [2.24, 2.45) is 0 Å². The Hall–Kier alpha value is -3.13. The lowest BCUT2D eigenvalue weighted by atomic mass is 10.1. The number of aryl methyl sites for hydroxylation is 1. The van der Waals surface area contributed by atoms with Gasteiger partial charge in [0.25, 0.3) is 0 Å². The molecule has 2 aromatic carbocycles. The molecule has 0 aliphatic rings. The second kappa shape index (κ2) is 8.31. The van der Waals surface area contributed by atoms with Gasteiger partial charge >= 0.3 is 0 Å². The van der Waals surface area contributed by atoms with Gasteiger partial charge in [0.2, 0.25) is 0 Å². The lowest BCUT2D eigenvalue weighted by Gasteiger charge is -2.15. The smallest absolute Gasteiger partial charge is 0.151 e. The number of nitrogens with zero attached hydrogens (tertiary/aromatic N) is 4. The highest BCUT2D eigenvalue weighted by atomic mass is 32.2. The van der Waals surface area contributed by atoms with Crippen molar-refractivity contribution in [1.29, 1.82) is 0 Å². The van der Waals surface area contributed by atoms with Gasteiger partial charge in [-0.3, -0.25) is 9.25 Å². The minimum atomic E-state index is -3.00. The Morgan fingerprint density at radius 3 is 2.63 bits per heavy atom. The molecular formula is C22H25N5O2S. The van der Waals surface area contributed by atoms with Crippen LogP contribution in [0.5, 0.6) is 0 Å². The molecule has 1 atom stereocenters. The second-order valence-corrected chi connectivity index (χ2v) is 9.76. The standard InChI is InChI=1S/C22H25N5O2S/c1-3-30(28,29)13-12-26-15-19(14-24-26)25-17(2)18-8-10-20(11-9-18)27-16-23-21-6-4-5-7-22(21)27/h4-11,14-17,25H,3,12-13H2,1-2H3. The fraction of sp³-hybridized carbons (Fsp3) is 0.273. The molecule has 4 rings (SSSR count). The third kappa shape index (κ3) is 4.38. The first kappa shape index (κ1) is 20.2. The van der Waals surface area contributed by atoms with Gasteiger partial charge in [0, 0.05) is 23.7 Å². The predicted octanol–water partition coefficient (Wildman–Crippen LogP) is 3.83. The van der Waals surface area contributed by atoms with Crippen molar-refractivity contribution in [1.82, 2.24) is 19.3 Å². The Balaban J connectivity index is 1.43. The number of rotatable bonds is 8. The molecule has 0 aliphatic heterocycles. The van der Waals surface area contributed by atoms with E-state index < -0.39 is 9.84 Å². The number of sulfone groups is 1. The maximum absolute atomic E-state index is 11.7. The van der Waals surface area contributed by atoms with Gasteiger partial charge < -0.3 is 5.32 Å². The van der Waals surface area contributed by atoms with E-state index in [1.807, 2.05) is 30.7 Å². The molecule has 0 fully saturated rings. The van der Waals surface area contributed by atoms with Crippen LogP contribution in [-0.4, -0.2) is 39.3 Å². The van der Waals surface area contributed by atoms with Crippen molar-refractivity contribution >= 4 is 26.6 Å². The molecule has 4 aromatic rings.